The highest BCUT2D eigenvalue weighted by Gasteiger charge is 2.35. The molecule has 1 atom stereocenters. The van der Waals surface area contributed by atoms with Crippen molar-refractivity contribution < 1.29 is 4.79 Å². The summed E-state index contributed by atoms with van der Waals surface area (Å²) in [7, 11) is 0. The van der Waals surface area contributed by atoms with Gasteiger partial charge in [0.2, 0.25) is 0 Å². The van der Waals surface area contributed by atoms with Gasteiger partial charge in [-0.1, -0.05) is 6.92 Å². The van der Waals surface area contributed by atoms with Crippen LogP contribution in [0.25, 0.3) is 0 Å². The molecule has 4 nitrogen and oxygen atoms in total. The first-order chi connectivity index (χ1) is 10.6. The molecular weight excluding hydrogens is 274 g/mol. The molecular formula is C18H27N3O. The first-order valence-electron chi connectivity index (χ1n) is 8.46. The van der Waals surface area contributed by atoms with Crippen LogP contribution in [0.2, 0.25) is 0 Å². The Bertz CT molecular complexity index is 522. The van der Waals surface area contributed by atoms with E-state index in [0.29, 0.717) is 6.54 Å². The Kier molecular flexibility index (Phi) is 4.39. The molecule has 0 radical (unpaired) electrons. The Morgan fingerprint density at radius 3 is 2.41 bits per heavy atom. The SMILES string of the molecule is CC1(CN)CCN(C(=O)c2ccc(N3CCCCC3)cc2)C1. The maximum absolute atomic E-state index is 12.6. The van der Waals surface area contributed by atoms with Crippen LogP contribution in [0, 0.1) is 5.41 Å². The highest BCUT2D eigenvalue weighted by atomic mass is 16.2. The smallest absolute Gasteiger partial charge is 0.253 e. The van der Waals surface area contributed by atoms with Crippen molar-refractivity contribution in [2.75, 3.05) is 37.6 Å². The van der Waals surface area contributed by atoms with Crippen LogP contribution >= 0.6 is 0 Å². The first-order valence-corrected chi connectivity index (χ1v) is 8.46. The monoisotopic (exact) mass is 301 g/mol. The lowest BCUT2D eigenvalue weighted by atomic mass is 9.90. The van der Waals surface area contributed by atoms with E-state index in [1.54, 1.807) is 0 Å². The van der Waals surface area contributed by atoms with Crippen molar-refractivity contribution in [1.82, 2.24) is 4.90 Å². The third-order valence-corrected chi connectivity index (χ3v) is 5.17. The molecule has 2 heterocycles. The number of hydrogen-bond donors (Lipinski definition) is 1. The Hall–Kier alpha value is -1.55. The highest BCUT2D eigenvalue weighted by Crippen LogP contribution is 2.30. The van der Waals surface area contributed by atoms with Crippen molar-refractivity contribution in [3.63, 3.8) is 0 Å². The van der Waals surface area contributed by atoms with E-state index in [2.05, 4.69) is 24.0 Å². The molecule has 3 rings (SSSR count). The number of piperidine rings is 1. The van der Waals surface area contributed by atoms with Crippen LogP contribution in [-0.4, -0.2) is 43.5 Å². The fourth-order valence-electron chi connectivity index (χ4n) is 3.51. The fraction of sp³-hybridized carbons (Fsp3) is 0.611. The second-order valence-corrected chi connectivity index (χ2v) is 7.09. The van der Waals surface area contributed by atoms with Gasteiger partial charge in [-0.2, -0.15) is 0 Å². The number of carbonyl (C=O) groups excluding carboxylic acids is 1. The van der Waals surface area contributed by atoms with Gasteiger partial charge in [0.25, 0.3) is 5.91 Å². The minimum absolute atomic E-state index is 0.0867. The number of amides is 1. The third-order valence-electron chi connectivity index (χ3n) is 5.17. The van der Waals surface area contributed by atoms with E-state index < -0.39 is 0 Å². The summed E-state index contributed by atoms with van der Waals surface area (Å²) in [6, 6.07) is 8.14. The van der Waals surface area contributed by atoms with Crippen LogP contribution in [-0.2, 0) is 0 Å². The number of nitrogens with zero attached hydrogens (tertiary/aromatic N) is 2. The van der Waals surface area contributed by atoms with E-state index in [9.17, 15) is 4.79 Å². The summed E-state index contributed by atoms with van der Waals surface area (Å²) in [5.41, 5.74) is 7.95. The Labute approximate surface area is 133 Å². The molecule has 1 unspecified atom stereocenters. The van der Waals surface area contributed by atoms with E-state index in [0.717, 1.165) is 38.2 Å². The topological polar surface area (TPSA) is 49.6 Å². The predicted octanol–water partition coefficient (Wildman–Crippen LogP) is 2.49. The number of benzene rings is 1. The molecule has 120 valence electrons. The minimum Gasteiger partial charge on any atom is -0.372 e. The van der Waals surface area contributed by atoms with Gasteiger partial charge in [-0.3, -0.25) is 4.79 Å². The molecule has 2 aliphatic rings. The summed E-state index contributed by atoms with van der Waals surface area (Å²) in [5.74, 6) is 0.141. The molecule has 1 amide bonds. The average molecular weight is 301 g/mol. The van der Waals surface area contributed by atoms with Gasteiger partial charge in [0.1, 0.15) is 0 Å². The van der Waals surface area contributed by atoms with E-state index in [-0.39, 0.29) is 11.3 Å². The molecule has 0 spiro atoms. The van der Waals surface area contributed by atoms with Gasteiger partial charge < -0.3 is 15.5 Å². The van der Waals surface area contributed by atoms with E-state index in [1.165, 1.54) is 24.9 Å². The van der Waals surface area contributed by atoms with Gasteiger partial charge in [-0.25, -0.2) is 0 Å². The van der Waals surface area contributed by atoms with Crippen LogP contribution in [0.3, 0.4) is 0 Å². The van der Waals surface area contributed by atoms with Crippen LogP contribution in [0.5, 0.6) is 0 Å². The van der Waals surface area contributed by atoms with Gasteiger partial charge in [-0.15, -0.1) is 0 Å². The van der Waals surface area contributed by atoms with Gasteiger partial charge in [0.15, 0.2) is 0 Å². The second kappa shape index (κ2) is 6.29. The summed E-state index contributed by atoms with van der Waals surface area (Å²) < 4.78 is 0. The Morgan fingerprint density at radius 2 is 1.82 bits per heavy atom. The number of hydrogen-bond acceptors (Lipinski definition) is 3. The van der Waals surface area contributed by atoms with E-state index in [1.807, 2.05) is 17.0 Å². The zero-order chi connectivity index (χ0) is 15.6. The van der Waals surface area contributed by atoms with E-state index in [4.69, 9.17) is 5.73 Å². The number of likely N-dealkylation sites (tertiary alicyclic amines) is 1. The van der Waals surface area contributed by atoms with Gasteiger partial charge in [-0.05, 0) is 61.9 Å². The normalized spacial score (nSPS) is 25.5. The maximum atomic E-state index is 12.6. The van der Waals surface area contributed by atoms with Crippen molar-refractivity contribution >= 4 is 11.6 Å². The molecule has 2 N–H and O–H groups in total. The first kappa shape index (κ1) is 15.3. The lowest BCUT2D eigenvalue weighted by molar-refractivity contribution is 0.0777. The summed E-state index contributed by atoms with van der Waals surface area (Å²) in [5, 5.41) is 0. The molecule has 2 aliphatic heterocycles. The number of nitrogens with two attached hydrogens (primary N) is 1. The van der Waals surface area contributed by atoms with Crippen molar-refractivity contribution in [2.24, 2.45) is 11.1 Å². The van der Waals surface area contributed by atoms with Gasteiger partial charge in [0, 0.05) is 37.4 Å². The lowest BCUT2D eigenvalue weighted by Gasteiger charge is -2.29. The zero-order valence-electron chi connectivity index (χ0n) is 13.6. The standard InChI is InChI=1S/C18H27N3O/c1-18(13-19)9-12-21(14-18)17(22)15-5-7-16(8-6-15)20-10-3-2-4-11-20/h5-8H,2-4,9-14,19H2,1H3. The molecule has 22 heavy (non-hydrogen) atoms. The molecule has 0 aromatic heterocycles. The third kappa shape index (κ3) is 3.12. The number of anilines is 1. The summed E-state index contributed by atoms with van der Waals surface area (Å²) in [6.07, 6.45) is 4.88. The predicted molar refractivity (Wildman–Crippen MR) is 90.2 cm³/mol. The number of carbonyl (C=O) groups is 1. The molecule has 0 saturated carbocycles. The Balaban J connectivity index is 1.66. The van der Waals surface area contributed by atoms with Crippen molar-refractivity contribution in [3.8, 4) is 0 Å². The molecule has 0 bridgehead atoms. The minimum atomic E-state index is 0.0867. The van der Waals surface area contributed by atoms with Crippen LogP contribution < -0.4 is 10.6 Å². The average Bonchev–Trinajstić information content (AvgIpc) is 2.98. The second-order valence-electron chi connectivity index (χ2n) is 7.09. The molecule has 2 saturated heterocycles. The molecule has 0 aliphatic carbocycles. The molecule has 4 heteroatoms. The van der Waals surface area contributed by atoms with Crippen LogP contribution in [0.4, 0.5) is 5.69 Å². The highest BCUT2D eigenvalue weighted by molar-refractivity contribution is 5.94. The largest absolute Gasteiger partial charge is 0.372 e. The summed E-state index contributed by atoms with van der Waals surface area (Å²) >= 11 is 0. The molecule has 1 aromatic carbocycles. The van der Waals surface area contributed by atoms with Crippen molar-refractivity contribution in [2.45, 2.75) is 32.6 Å². The van der Waals surface area contributed by atoms with Crippen molar-refractivity contribution in [3.05, 3.63) is 29.8 Å². The van der Waals surface area contributed by atoms with Crippen molar-refractivity contribution in [1.29, 1.82) is 0 Å². The Morgan fingerprint density at radius 1 is 1.14 bits per heavy atom. The number of rotatable bonds is 3. The maximum Gasteiger partial charge on any atom is 0.253 e. The van der Waals surface area contributed by atoms with Gasteiger partial charge >= 0.3 is 0 Å². The fourth-order valence-corrected chi connectivity index (χ4v) is 3.51. The van der Waals surface area contributed by atoms with E-state index >= 15 is 0 Å². The quantitative estimate of drug-likeness (QED) is 0.933. The van der Waals surface area contributed by atoms with Crippen LogP contribution in [0.15, 0.2) is 24.3 Å². The van der Waals surface area contributed by atoms with Crippen LogP contribution in [0.1, 0.15) is 43.0 Å². The van der Waals surface area contributed by atoms with Gasteiger partial charge in [0.05, 0.1) is 0 Å². The lowest BCUT2D eigenvalue weighted by Crippen LogP contribution is -2.34. The summed E-state index contributed by atoms with van der Waals surface area (Å²) in [6.45, 7) is 6.67. The zero-order valence-corrected chi connectivity index (χ0v) is 13.6. The molecule has 2 fully saturated rings. The molecule has 1 aromatic rings. The summed E-state index contributed by atoms with van der Waals surface area (Å²) in [4.78, 5) is 17.0.